The van der Waals surface area contributed by atoms with Crippen LogP contribution < -0.4 is 0 Å². The maximum atomic E-state index is 5.19. The van der Waals surface area contributed by atoms with Crippen molar-refractivity contribution in [3.63, 3.8) is 0 Å². The third-order valence-corrected chi connectivity index (χ3v) is 3.17. The van der Waals surface area contributed by atoms with Gasteiger partial charge >= 0.3 is 0 Å². The lowest BCUT2D eigenvalue weighted by Crippen LogP contribution is -1.90. The van der Waals surface area contributed by atoms with Gasteiger partial charge in [-0.1, -0.05) is 19.2 Å². The third-order valence-electron chi connectivity index (χ3n) is 0.751. The molecule has 0 spiro atoms. The van der Waals surface area contributed by atoms with Gasteiger partial charge in [0.15, 0.2) is 0 Å². The Morgan fingerprint density at radius 2 is 2.00 bits per heavy atom. The fraction of sp³-hybridized carbons (Fsp3) is 1.00. The quantitative estimate of drug-likeness (QED) is 0.543. The SMILES string of the molecule is CCCOP(=S)(S)OCC. The average molecular weight is 200 g/mol. The van der Waals surface area contributed by atoms with Crippen molar-refractivity contribution in [3.8, 4) is 0 Å². The molecular weight excluding hydrogens is 187 g/mol. The van der Waals surface area contributed by atoms with Crippen molar-refractivity contribution in [2.45, 2.75) is 20.3 Å². The summed E-state index contributed by atoms with van der Waals surface area (Å²) in [5.74, 6) is 0. The van der Waals surface area contributed by atoms with Gasteiger partial charge in [-0.2, -0.15) is 0 Å². The minimum Gasteiger partial charge on any atom is -0.322 e. The zero-order valence-corrected chi connectivity index (χ0v) is 8.85. The molecule has 0 aromatic heterocycles. The van der Waals surface area contributed by atoms with Gasteiger partial charge in [0.25, 0.3) is 0 Å². The fourth-order valence-electron chi connectivity index (χ4n) is 0.407. The van der Waals surface area contributed by atoms with Crippen molar-refractivity contribution in [1.82, 2.24) is 0 Å². The van der Waals surface area contributed by atoms with E-state index >= 15 is 0 Å². The molecule has 10 heavy (non-hydrogen) atoms. The zero-order valence-electron chi connectivity index (χ0n) is 6.24. The molecule has 62 valence electrons. The molecule has 2 nitrogen and oxygen atoms in total. The molecule has 0 radical (unpaired) electrons. The smallest absolute Gasteiger partial charge is 0.244 e. The second-order valence-electron chi connectivity index (χ2n) is 1.72. The van der Waals surface area contributed by atoms with Crippen molar-refractivity contribution in [1.29, 1.82) is 0 Å². The number of rotatable bonds is 5. The number of hydrogen-bond donors (Lipinski definition) is 1. The third kappa shape index (κ3) is 5.69. The van der Waals surface area contributed by atoms with E-state index in [4.69, 9.17) is 20.9 Å². The molecule has 0 rings (SSSR count). The first-order valence-electron chi connectivity index (χ1n) is 3.24. The molecule has 0 N–H and O–H groups in total. The van der Waals surface area contributed by atoms with Gasteiger partial charge < -0.3 is 9.05 Å². The summed E-state index contributed by atoms with van der Waals surface area (Å²) in [5, 5.41) is 0. The van der Waals surface area contributed by atoms with E-state index in [0.29, 0.717) is 13.2 Å². The van der Waals surface area contributed by atoms with Crippen molar-refractivity contribution in [2.24, 2.45) is 0 Å². The largest absolute Gasteiger partial charge is 0.322 e. The van der Waals surface area contributed by atoms with E-state index in [1.807, 2.05) is 13.8 Å². The molecule has 5 heteroatoms. The normalized spacial score (nSPS) is 16.7. The van der Waals surface area contributed by atoms with Crippen LogP contribution in [0.3, 0.4) is 0 Å². The van der Waals surface area contributed by atoms with E-state index in [1.54, 1.807) is 0 Å². The van der Waals surface area contributed by atoms with Crippen molar-refractivity contribution in [2.75, 3.05) is 13.2 Å². The molecular formula is C5H13O2PS2. The molecule has 1 unspecified atom stereocenters. The van der Waals surface area contributed by atoms with E-state index in [2.05, 4.69) is 12.2 Å². The monoisotopic (exact) mass is 200 g/mol. The minimum absolute atomic E-state index is 0.574. The number of hydrogen-bond acceptors (Lipinski definition) is 3. The highest BCUT2D eigenvalue weighted by Gasteiger charge is 2.09. The molecule has 0 aromatic rings. The first-order valence-corrected chi connectivity index (χ1v) is 7.03. The van der Waals surface area contributed by atoms with Crippen molar-refractivity contribution in [3.05, 3.63) is 0 Å². The first kappa shape index (κ1) is 10.9. The molecule has 0 aliphatic rings. The predicted octanol–water partition coefficient (Wildman–Crippen LogP) is 2.60. The molecule has 0 bridgehead atoms. The second kappa shape index (κ2) is 5.56. The van der Waals surface area contributed by atoms with Crippen molar-refractivity contribution >= 4 is 29.7 Å². The Kier molecular flexibility index (Phi) is 6.07. The summed E-state index contributed by atoms with van der Waals surface area (Å²) in [7, 11) is 0. The van der Waals surface area contributed by atoms with Gasteiger partial charge in [0, 0.05) is 0 Å². The van der Waals surface area contributed by atoms with Gasteiger partial charge in [-0.25, -0.2) is 0 Å². The summed E-state index contributed by atoms with van der Waals surface area (Å²) in [5.41, 5.74) is -2.18. The molecule has 0 heterocycles. The van der Waals surface area contributed by atoms with E-state index in [-0.39, 0.29) is 0 Å². The highest BCUT2D eigenvalue weighted by atomic mass is 32.9. The summed E-state index contributed by atoms with van der Waals surface area (Å²) in [4.78, 5) is 0. The highest BCUT2D eigenvalue weighted by Crippen LogP contribution is 2.53. The average Bonchev–Trinajstić information content (AvgIpc) is 1.84. The summed E-state index contributed by atoms with van der Waals surface area (Å²) >= 11 is 9.02. The van der Waals surface area contributed by atoms with E-state index < -0.39 is 5.69 Å². The van der Waals surface area contributed by atoms with Gasteiger partial charge in [0.1, 0.15) is 0 Å². The molecule has 0 fully saturated rings. The van der Waals surface area contributed by atoms with Crippen LogP contribution in [0.25, 0.3) is 0 Å². The molecule has 0 amide bonds. The van der Waals surface area contributed by atoms with E-state index in [1.165, 1.54) is 0 Å². The summed E-state index contributed by atoms with van der Waals surface area (Å²) < 4.78 is 10.3. The second-order valence-corrected chi connectivity index (χ2v) is 7.01. The van der Waals surface area contributed by atoms with Crippen LogP contribution in [0.4, 0.5) is 0 Å². The fourth-order valence-corrected chi connectivity index (χ4v) is 2.35. The maximum Gasteiger partial charge on any atom is 0.244 e. The number of thiol groups is 1. The van der Waals surface area contributed by atoms with Gasteiger partial charge in [-0.15, -0.1) is 0 Å². The summed E-state index contributed by atoms with van der Waals surface area (Å²) in [6.07, 6.45) is 0.950. The Morgan fingerprint density at radius 1 is 1.40 bits per heavy atom. The van der Waals surface area contributed by atoms with Crippen LogP contribution in [0, 0.1) is 0 Å². The van der Waals surface area contributed by atoms with Crippen LogP contribution in [0.15, 0.2) is 0 Å². The Balaban J connectivity index is 3.53. The van der Waals surface area contributed by atoms with Crippen molar-refractivity contribution < 1.29 is 9.05 Å². The lowest BCUT2D eigenvalue weighted by Gasteiger charge is -2.14. The molecule has 0 aliphatic carbocycles. The lowest BCUT2D eigenvalue weighted by molar-refractivity contribution is 0.270. The standard InChI is InChI=1S/C5H13O2PS2/c1-3-5-7-8(9,10)6-4-2/h3-5H2,1-2H3,(H,9,10). The van der Waals surface area contributed by atoms with Crippen LogP contribution in [-0.4, -0.2) is 13.2 Å². The Bertz CT molecular complexity index is 129. The van der Waals surface area contributed by atoms with Crippen LogP contribution >= 0.6 is 17.9 Å². The molecule has 0 saturated carbocycles. The molecule has 1 atom stereocenters. The van der Waals surface area contributed by atoms with Gasteiger partial charge in [-0.3, -0.25) is 0 Å². The minimum atomic E-state index is -2.18. The first-order chi connectivity index (χ1) is 4.62. The topological polar surface area (TPSA) is 18.5 Å². The van der Waals surface area contributed by atoms with Crippen LogP contribution in [0.2, 0.25) is 0 Å². The zero-order chi connectivity index (χ0) is 8.04. The summed E-state index contributed by atoms with van der Waals surface area (Å²) in [6.45, 7) is 5.12. The Labute approximate surface area is 72.6 Å². The van der Waals surface area contributed by atoms with E-state index in [9.17, 15) is 0 Å². The molecule has 0 aliphatic heterocycles. The van der Waals surface area contributed by atoms with Crippen LogP contribution in [0.5, 0.6) is 0 Å². The van der Waals surface area contributed by atoms with Gasteiger partial charge in [0.05, 0.1) is 13.2 Å². The molecule has 0 saturated heterocycles. The lowest BCUT2D eigenvalue weighted by atomic mass is 10.5. The van der Waals surface area contributed by atoms with E-state index in [0.717, 1.165) is 6.42 Å². The van der Waals surface area contributed by atoms with Gasteiger partial charge in [0.2, 0.25) is 5.69 Å². The van der Waals surface area contributed by atoms with Gasteiger partial charge in [-0.05, 0) is 25.2 Å². The van der Waals surface area contributed by atoms with Crippen LogP contribution in [-0.2, 0) is 20.9 Å². The predicted molar refractivity (Wildman–Crippen MR) is 51.1 cm³/mol. The van der Waals surface area contributed by atoms with Crippen LogP contribution in [0.1, 0.15) is 20.3 Å². The highest BCUT2D eigenvalue weighted by molar-refractivity contribution is 8.60. The summed E-state index contributed by atoms with van der Waals surface area (Å²) in [6, 6.07) is 0. The molecule has 0 aromatic carbocycles. The Hall–Kier alpha value is 0.920. The maximum absolute atomic E-state index is 5.19. The Morgan fingerprint density at radius 3 is 2.40 bits per heavy atom.